The Balaban J connectivity index is 3.73. The maximum Gasteiger partial charge on any atom is 0.249 e. The highest BCUT2D eigenvalue weighted by atomic mass is 16.3. The molecule has 6 heteroatoms. The molecular weight excluding hydrogens is 647 g/mol. The molecule has 0 aromatic rings. The van der Waals surface area contributed by atoms with Gasteiger partial charge in [-0.15, -0.1) is 0 Å². The van der Waals surface area contributed by atoms with E-state index in [0.29, 0.717) is 19.3 Å². The zero-order chi connectivity index (χ0) is 38.2. The average molecular weight is 732 g/mol. The number of hydrogen-bond acceptors (Lipinski definition) is 5. The van der Waals surface area contributed by atoms with E-state index >= 15 is 0 Å². The van der Waals surface area contributed by atoms with Gasteiger partial charge in [-0.1, -0.05) is 171 Å². The number of amides is 1. The number of rotatable bonds is 39. The zero-order valence-electron chi connectivity index (χ0n) is 34.0. The smallest absolute Gasteiger partial charge is 0.249 e. The van der Waals surface area contributed by atoms with Crippen LogP contribution in [0.5, 0.6) is 0 Å². The van der Waals surface area contributed by atoms with Gasteiger partial charge in [0.25, 0.3) is 0 Å². The second-order valence-corrected chi connectivity index (χ2v) is 15.0. The van der Waals surface area contributed by atoms with E-state index in [0.717, 1.165) is 51.4 Å². The molecule has 0 radical (unpaired) electrons. The molecule has 0 rings (SSSR count). The van der Waals surface area contributed by atoms with Crippen molar-refractivity contribution in [2.75, 3.05) is 6.61 Å². The summed E-state index contributed by atoms with van der Waals surface area (Å²) in [6.45, 7) is 3.81. The number of carbonyl (C=O) groups is 1. The number of aliphatic hydroxyl groups excluding tert-OH is 4. The van der Waals surface area contributed by atoms with Crippen molar-refractivity contribution in [3.8, 4) is 0 Å². The van der Waals surface area contributed by atoms with Gasteiger partial charge in [0.1, 0.15) is 12.2 Å². The number of allylic oxidation sites excluding steroid dienone is 8. The molecule has 6 nitrogen and oxygen atoms in total. The van der Waals surface area contributed by atoms with Gasteiger partial charge < -0.3 is 25.7 Å². The van der Waals surface area contributed by atoms with Crippen LogP contribution in [-0.2, 0) is 4.79 Å². The summed E-state index contributed by atoms with van der Waals surface area (Å²) in [5.74, 6) is -0.604. The Morgan fingerprint density at radius 2 is 0.885 bits per heavy atom. The third kappa shape index (κ3) is 34.1. The Morgan fingerprint density at radius 3 is 1.33 bits per heavy atom. The number of carbonyl (C=O) groups excluding carboxylic acids is 1. The first-order chi connectivity index (χ1) is 25.5. The van der Waals surface area contributed by atoms with Gasteiger partial charge in [-0.2, -0.15) is 0 Å². The van der Waals surface area contributed by atoms with Gasteiger partial charge in [0.15, 0.2) is 0 Å². The maximum absolute atomic E-state index is 12.5. The van der Waals surface area contributed by atoms with E-state index in [9.17, 15) is 25.2 Å². The van der Waals surface area contributed by atoms with Gasteiger partial charge in [-0.05, 0) is 84.0 Å². The summed E-state index contributed by atoms with van der Waals surface area (Å²) in [7, 11) is 0. The Kier molecular flexibility index (Phi) is 39.1. The van der Waals surface area contributed by atoms with E-state index in [1.165, 1.54) is 122 Å². The minimum Gasteiger partial charge on any atom is -0.394 e. The van der Waals surface area contributed by atoms with Crippen LogP contribution in [0.1, 0.15) is 206 Å². The summed E-state index contributed by atoms with van der Waals surface area (Å²) in [6, 6.07) is -1.01. The summed E-state index contributed by atoms with van der Waals surface area (Å²) < 4.78 is 0. The van der Waals surface area contributed by atoms with Gasteiger partial charge >= 0.3 is 0 Å². The molecule has 0 bridgehead atoms. The Hall–Kier alpha value is -1.73. The predicted molar refractivity (Wildman–Crippen MR) is 223 cm³/mol. The van der Waals surface area contributed by atoms with E-state index in [1.807, 2.05) is 6.92 Å². The van der Waals surface area contributed by atoms with Gasteiger partial charge in [0.05, 0.1) is 18.8 Å². The summed E-state index contributed by atoms with van der Waals surface area (Å²) in [5, 5.41) is 43.5. The topological polar surface area (TPSA) is 110 Å². The minimum atomic E-state index is -1.29. The van der Waals surface area contributed by atoms with E-state index in [1.54, 1.807) is 0 Å². The summed E-state index contributed by atoms with van der Waals surface area (Å²) >= 11 is 0. The highest BCUT2D eigenvalue weighted by Crippen LogP contribution is 2.15. The lowest BCUT2D eigenvalue weighted by atomic mass is 10.00. The van der Waals surface area contributed by atoms with E-state index in [4.69, 9.17) is 0 Å². The first-order valence-electron chi connectivity index (χ1n) is 22.0. The van der Waals surface area contributed by atoms with Crippen molar-refractivity contribution in [1.82, 2.24) is 5.32 Å². The van der Waals surface area contributed by atoms with Gasteiger partial charge in [0, 0.05) is 0 Å². The predicted octanol–water partition coefficient (Wildman–Crippen LogP) is 11.5. The van der Waals surface area contributed by atoms with Gasteiger partial charge in [0.2, 0.25) is 5.91 Å². The molecule has 0 aliphatic rings. The standard InChI is InChI=1S/C46H85NO5/c1-3-5-7-9-11-13-15-17-18-19-20-21-22-23-24-25-26-27-28-30-32-34-36-38-40-44(50)46(52)47-42(41-48)45(51)43(49)39-37-35-33-31-29-16-14-12-10-8-6-4-2/h4,6,12,14,23-24,31,33,42-45,48-51H,3,5,7-11,13,15-22,25-30,32,34-41H2,1-2H3,(H,47,52)/b6-4+,14-12+,24-23-,33-31+. The first-order valence-corrected chi connectivity index (χ1v) is 22.0. The molecule has 4 unspecified atom stereocenters. The molecule has 0 fully saturated rings. The van der Waals surface area contributed by atoms with Crippen LogP contribution in [0.15, 0.2) is 48.6 Å². The van der Waals surface area contributed by atoms with Crippen LogP contribution < -0.4 is 5.32 Å². The molecule has 5 N–H and O–H groups in total. The number of unbranched alkanes of at least 4 members (excludes halogenated alkanes) is 23. The highest BCUT2D eigenvalue weighted by molar-refractivity contribution is 5.80. The molecule has 1 amide bonds. The molecule has 304 valence electrons. The van der Waals surface area contributed by atoms with E-state index in [2.05, 4.69) is 60.8 Å². The Labute approximate surface area is 321 Å². The maximum atomic E-state index is 12.5. The highest BCUT2D eigenvalue weighted by Gasteiger charge is 2.28. The normalized spacial score (nSPS) is 14.7. The van der Waals surface area contributed by atoms with Crippen molar-refractivity contribution < 1.29 is 25.2 Å². The fourth-order valence-corrected chi connectivity index (χ4v) is 6.56. The second kappa shape index (κ2) is 40.5. The molecule has 0 aromatic carbocycles. The second-order valence-electron chi connectivity index (χ2n) is 15.0. The van der Waals surface area contributed by atoms with Gasteiger partial charge in [-0.3, -0.25) is 4.79 Å². The molecule has 52 heavy (non-hydrogen) atoms. The minimum absolute atomic E-state index is 0.354. The third-order valence-electron chi connectivity index (χ3n) is 10.1. The first kappa shape index (κ1) is 50.3. The van der Waals surface area contributed by atoms with Crippen LogP contribution in [-0.4, -0.2) is 57.3 Å². The van der Waals surface area contributed by atoms with E-state index in [-0.39, 0.29) is 0 Å². The van der Waals surface area contributed by atoms with Crippen molar-refractivity contribution in [3.63, 3.8) is 0 Å². The van der Waals surface area contributed by atoms with Crippen LogP contribution >= 0.6 is 0 Å². The molecule has 0 aliphatic heterocycles. The summed E-state index contributed by atoms with van der Waals surface area (Å²) in [5.41, 5.74) is 0. The van der Waals surface area contributed by atoms with Crippen LogP contribution in [0.25, 0.3) is 0 Å². The van der Waals surface area contributed by atoms with Crippen molar-refractivity contribution in [2.45, 2.75) is 231 Å². The number of nitrogens with one attached hydrogen (secondary N) is 1. The Morgan fingerprint density at radius 1 is 0.500 bits per heavy atom. The number of aliphatic hydroxyl groups is 4. The fraction of sp³-hybridized carbons (Fsp3) is 0.804. The lowest BCUT2D eigenvalue weighted by molar-refractivity contribution is -0.132. The summed E-state index contributed by atoms with van der Waals surface area (Å²) in [4.78, 5) is 12.5. The zero-order valence-corrected chi connectivity index (χ0v) is 34.0. The molecule has 0 saturated carbocycles. The Bertz CT molecular complexity index is 869. The number of hydrogen-bond donors (Lipinski definition) is 5. The van der Waals surface area contributed by atoms with Crippen LogP contribution in [0.4, 0.5) is 0 Å². The van der Waals surface area contributed by atoms with Crippen molar-refractivity contribution in [2.24, 2.45) is 0 Å². The molecule has 0 spiro atoms. The molecule has 4 atom stereocenters. The van der Waals surface area contributed by atoms with Crippen LogP contribution in [0, 0.1) is 0 Å². The SMILES string of the molecule is C/C=C/CC/C=C/CC/C=C/CCCC(O)C(O)C(CO)NC(=O)C(O)CCCCCCCCCC/C=C\CCCCCCCCCCCCCC. The lowest BCUT2D eigenvalue weighted by Gasteiger charge is -2.27. The monoisotopic (exact) mass is 732 g/mol. The largest absolute Gasteiger partial charge is 0.394 e. The molecule has 0 aliphatic carbocycles. The third-order valence-corrected chi connectivity index (χ3v) is 10.1. The quantitative estimate of drug-likeness (QED) is 0.0319. The fourth-order valence-electron chi connectivity index (χ4n) is 6.56. The molecule has 0 saturated heterocycles. The van der Waals surface area contributed by atoms with Crippen molar-refractivity contribution >= 4 is 5.91 Å². The molecule has 0 heterocycles. The molecule has 0 aromatic heterocycles. The lowest BCUT2D eigenvalue weighted by Crippen LogP contribution is -2.53. The average Bonchev–Trinajstić information content (AvgIpc) is 3.15. The molecular formula is C46H85NO5. The van der Waals surface area contributed by atoms with Gasteiger partial charge in [-0.25, -0.2) is 0 Å². The van der Waals surface area contributed by atoms with E-state index < -0.39 is 36.9 Å². The van der Waals surface area contributed by atoms with Crippen molar-refractivity contribution in [1.29, 1.82) is 0 Å². The van der Waals surface area contributed by atoms with Crippen molar-refractivity contribution in [3.05, 3.63) is 48.6 Å². The van der Waals surface area contributed by atoms with Crippen LogP contribution in [0.3, 0.4) is 0 Å². The van der Waals surface area contributed by atoms with Crippen LogP contribution in [0.2, 0.25) is 0 Å². The summed E-state index contributed by atoms with van der Waals surface area (Å²) in [6.07, 6.45) is 48.8.